The number of aromatic nitrogens is 2. The van der Waals surface area contributed by atoms with E-state index in [1.807, 2.05) is 18.2 Å². The summed E-state index contributed by atoms with van der Waals surface area (Å²) in [5, 5.41) is 0.610. The van der Waals surface area contributed by atoms with Gasteiger partial charge in [0, 0.05) is 30.0 Å². The third-order valence-corrected chi connectivity index (χ3v) is 2.78. The molecular formula is C11H8Cl2N2. The van der Waals surface area contributed by atoms with Crippen molar-refractivity contribution in [2.75, 3.05) is 0 Å². The molecule has 0 spiro atoms. The van der Waals surface area contributed by atoms with E-state index in [9.17, 15) is 0 Å². The second kappa shape index (κ2) is 4.60. The SMILES string of the molecule is ClCc1ccnc(-c2ccncc2)c1Cl. The van der Waals surface area contributed by atoms with E-state index >= 15 is 0 Å². The van der Waals surface area contributed by atoms with Gasteiger partial charge in [-0.2, -0.15) is 0 Å². The van der Waals surface area contributed by atoms with Crippen molar-refractivity contribution in [1.82, 2.24) is 9.97 Å². The molecule has 2 aromatic rings. The highest BCUT2D eigenvalue weighted by Gasteiger charge is 2.08. The molecule has 0 N–H and O–H groups in total. The lowest BCUT2D eigenvalue weighted by Crippen LogP contribution is -1.89. The van der Waals surface area contributed by atoms with Gasteiger partial charge >= 0.3 is 0 Å². The number of alkyl halides is 1. The third-order valence-electron chi connectivity index (χ3n) is 2.07. The lowest BCUT2D eigenvalue weighted by atomic mass is 10.1. The summed E-state index contributed by atoms with van der Waals surface area (Å²) >= 11 is 11.9. The number of rotatable bonds is 2. The van der Waals surface area contributed by atoms with Crippen molar-refractivity contribution in [2.45, 2.75) is 5.88 Å². The Bertz CT molecular complexity index is 457. The van der Waals surface area contributed by atoms with Gasteiger partial charge in [-0.3, -0.25) is 9.97 Å². The van der Waals surface area contributed by atoms with Crippen molar-refractivity contribution in [2.24, 2.45) is 0 Å². The molecule has 76 valence electrons. The maximum atomic E-state index is 6.18. The summed E-state index contributed by atoms with van der Waals surface area (Å²) in [6, 6.07) is 5.55. The van der Waals surface area contributed by atoms with E-state index in [1.54, 1.807) is 18.6 Å². The number of nitrogens with zero attached hydrogens (tertiary/aromatic N) is 2. The Hall–Kier alpha value is -1.12. The highest BCUT2D eigenvalue weighted by molar-refractivity contribution is 6.34. The standard InChI is InChI=1S/C11H8Cl2N2/c12-7-9-3-6-15-11(10(9)13)8-1-4-14-5-2-8/h1-6H,7H2. The smallest absolute Gasteiger partial charge is 0.0892 e. The molecule has 0 aliphatic heterocycles. The fourth-order valence-electron chi connectivity index (χ4n) is 1.30. The maximum Gasteiger partial charge on any atom is 0.0892 e. The summed E-state index contributed by atoms with van der Waals surface area (Å²) in [6.45, 7) is 0. The zero-order valence-corrected chi connectivity index (χ0v) is 9.33. The average Bonchev–Trinajstić information content (AvgIpc) is 2.30. The maximum absolute atomic E-state index is 6.18. The molecule has 0 unspecified atom stereocenters. The van der Waals surface area contributed by atoms with Crippen molar-refractivity contribution in [3.8, 4) is 11.3 Å². The van der Waals surface area contributed by atoms with Crippen molar-refractivity contribution < 1.29 is 0 Å². The van der Waals surface area contributed by atoms with Gasteiger partial charge in [-0.15, -0.1) is 11.6 Å². The Morgan fingerprint density at radius 3 is 2.47 bits per heavy atom. The molecule has 0 bridgehead atoms. The summed E-state index contributed by atoms with van der Waals surface area (Å²) in [5.41, 5.74) is 2.58. The fraction of sp³-hybridized carbons (Fsp3) is 0.0909. The summed E-state index contributed by atoms with van der Waals surface area (Å²) in [6.07, 6.45) is 5.13. The van der Waals surface area contributed by atoms with Crippen LogP contribution in [0.2, 0.25) is 5.02 Å². The molecule has 2 aromatic heterocycles. The number of hydrogen-bond donors (Lipinski definition) is 0. The molecule has 2 nitrogen and oxygen atoms in total. The van der Waals surface area contributed by atoms with Crippen LogP contribution in [-0.4, -0.2) is 9.97 Å². The number of pyridine rings is 2. The molecular weight excluding hydrogens is 231 g/mol. The minimum absolute atomic E-state index is 0.388. The van der Waals surface area contributed by atoms with Crippen molar-refractivity contribution in [1.29, 1.82) is 0 Å². The van der Waals surface area contributed by atoms with Crippen LogP contribution >= 0.6 is 23.2 Å². The first-order valence-corrected chi connectivity index (χ1v) is 5.34. The van der Waals surface area contributed by atoms with Gasteiger partial charge in [-0.1, -0.05) is 11.6 Å². The monoisotopic (exact) mass is 238 g/mol. The normalized spacial score (nSPS) is 10.3. The van der Waals surface area contributed by atoms with Crippen LogP contribution in [0.3, 0.4) is 0 Å². The fourth-order valence-corrected chi connectivity index (χ4v) is 1.88. The van der Waals surface area contributed by atoms with Crippen LogP contribution in [0.1, 0.15) is 5.56 Å². The lowest BCUT2D eigenvalue weighted by molar-refractivity contribution is 1.25. The first kappa shape index (κ1) is 10.4. The van der Waals surface area contributed by atoms with Crippen LogP contribution < -0.4 is 0 Å². The minimum atomic E-state index is 0.388. The van der Waals surface area contributed by atoms with Gasteiger partial charge in [-0.05, 0) is 23.8 Å². The lowest BCUT2D eigenvalue weighted by Gasteiger charge is -2.05. The molecule has 0 amide bonds. The molecule has 0 atom stereocenters. The Labute approximate surface area is 97.9 Å². The summed E-state index contributed by atoms with van der Waals surface area (Å²) in [7, 11) is 0. The largest absolute Gasteiger partial charge is 0.265 e. The van der Waals surface area contributed by atoms with Gasteiger partial charge in [0.15, 0.2) is 0 Å². The molecule has 0 aliphatic carbocycles. The highest BCUT2D eigenvalue weighted by atomic mass is 35.5. The summed E-state index contributed by atoms with van der Waals surface area (Å²) < 4.78 is 0. The molecule has 2 heterocycles. The second-order valence-electron chi connectivity index (χ2n) is 3.00. The van der Waals surface area contributed by atoms with E-state index in [-0.39, 0.29) is 0 Å². The van der Waals surface area contributed by atoms with Crippen molar-refractivity contribution in [3.63, 3.8) is 0 Å². The Morgan fingerprint density at radius 1 is 1.07 bits per heavy atom. The molecule has 0 fully saturated rings. The first-order chi connectivity index (χ1) is 7.33. The zero-order chi connectivity index (χ0) is 10.7. The van der Waals surface area contributed by atoms with E-state index in [0.29, 0.717) is 10.9 Å². The molecule has 0 saturated heterocycles. The van der Waals surface area contributed by atoms with Crippen LogP contribution in [0.15, 0.2) is 36.8 Å². The predicted molar refractivity (Wildman–Crippen MR) is 62.0 cm³/mol. The number of hydrogen-bond acceptors (Lipinski definition) is 2. The summed E-state index contributed by atoms with van der Waals surface area (Å²) in [4.78, 5) is 8.18. The van der Waals surface area contributed by atoms with Crippen LogP contribution in [0.5, 0.6) is 0 Å². The predicted octanol–water partition coefficient (Wildman–Crippen LogP) is 3.54. The van der Waals surface area contributed by atoms with E-state index in [0.717, 1.165) is 16.8 Å². The first-order valence-electron chi connectivity index (χ1n) is 4.42. The van der Waals surface area contributed by atoms with Gasteiger partial charge in [0.1, 0.15) is 0 Å². The molecule has 0 radical (unpaired) electrons. The van der Waals surface area contributed by atoms with Gasteiger partial charge in [0.25, 0.3) is 0 Å². The van der Waals surface area contributed by atoms with E-state index in [1.165, 1.54) is 0 Å². The quantitative estimate of drug-likeness (QED) is 0.749. The molecule has 15 heavy (non-hydrogen) atoms. The molecule has 4 heteroatoms. The Kier molecular flexibility index (Phi) is 3.19. The van der Waals surface area contributed by atoms with Crippen molar-refractivity contribution >= 4 is 23.2 Å². The van der Waals surface area contributed by atoms with Crippen LogP contribution in [0.25, 0.3) is 11.3 Å². The molecule has 0 aliphatic rings. The molecule has 0 aromatic carbocycles. The Balaban J connectivity index is 2.54. The molecule has 0 saturated carbocycles. The second-order valence-corrected chi connectivity index (χ2v) is 3.65. The topological polar surface area (TPSA) is 25.8 Å². The van der Waals surface area contributed by atoms with Gasteiger partial charge in [0.05, 0.1) is 10.7 Å². The average molecular weight is 239 g/mol. The zero-order valence-electron chi connectivity index (χ0n) is 7.82. The van der Waals surface area contributed by atoms with Crippen molar-refractivity contribution in [3.05, 3.63) is 47.4 Å². The summed E-state index contributed by atoms with van der Waals surface area (Å²) in [5.74, 6) is 0.388. The van der Waals surface area contributed by atoms with E-state index in [2.05, 4.69) is 9.97 Å². The van der Waals surface area contributed by atoms with E-state index in [4.69, 9.17) is 23.2 Å². The number of halogens is 2. The third kappa shape index (κ3) is 2.11. The minimum Gasteiger partial charge on any atom is -0.265 e. The van der Waals surface area contributed by atoms with E-state index < -0.39 is 0 Å². The van der Waals surface area contributed by atoms with Crippen LogP contribution in [0.4, 0.5) is 0 Å². The van der Waals surface area contributed by atoms with Gasteiger partial charge in [0.2, 0.25) is 0 Å². The van der Waals surface area contributed by atoms with Gasteiger partial charge < -0.3 is 0 Å². The Morgan fingerprint density at radius 2 is 1.80 bits per heavy atom. The van der Waals surface area contributed by atoms with Gasteiger partial charge in [-0.25, -0.2) is 0 Å². The molecule has 2 rings (SSSR count). The van der Waals surface area contributed by atoms with Crippen LogP contribution in [-0.2, 0) is 5.88 Å². The van der Waals surface area contributed by atoms with Crippen LogP contribution in [0, 0.1) is 0 Å². The highest BCUT2D eigenvalue weighted by Crippen LogP contribution is 2.28.